The van der Waals surface area contributed by atoms with Crippen molar-refractivity contribution >= 4 is 17.5 Å². The highest BCUT2D eigenvalue weighted by molar-refractivity contribution is 5.86. The van der Waals surface area contributed by atoms with Gasteiger partial charge in [0.25, 0.3) is 5.56 Å². The molecule has 1 saturated heterocycles. The molecular weight excluding hydrogens is 588 g/mol. The fourth-order valence-electron chi connectivity index (χ4n) is 7.47. The molecule has 0 unspecified atom stereocenters. The summed E-state index contributed by atoms with van der Waals surface area (Å²) < 4.78 is 19.0. The minimum absolute atomic E-state index is 0.00102. The molecule has 2 aliphatic heterocycles. The molecule has 11 nitrogen and oxygen atoms in total. The Labute approximate surface area is 267 Å². The average molecular weight is 629 g/mol. The second kappa shape index (κ2) is 12.5. The predicted octanol–water partition coefficient (Wildman–Crippen LogP) is 3.47. The van der Waals surface area contributed by atoms with Crippen LogP contribution in [0, 0.1) is 5.92 Å². The zero-order valence-electron chi connectivity index (χ0n) is 26.8. The van der Waals surface area contributed by atoms with Gasteiger partial charge in [-0.3, -0.25) is 19.2 Å². The molecule has 3 aliphatic rings. The average Bonchev–Trinajstić information content (AvgIpc) is 3.28. The van der Waals surface area contributed by atoms with E-state index in [9.17, 15) is 19.2 Å². The number of carbonyl (C=O) groups is 2. The minimum Gasteiger partial charge on any atom is -0.493 e. The van der Waals surface area contributed by atoms with Crippen molar-refractivity contribution in [3.8, 4) is 28.4 Å². The Morgan fingerprint density at radius 2 is 1.74 bits per heavy atom. The molecule has 1 fully saturated rings. The number of benzene rings is 1. The molecule has 0 spiro atoms. The zero-order valence-corrected chi connectivity index (χ0v) is 26.8. The Bertz CT molecular complexity index is 1820. The van der Waals surface area contributed by atoms with Gasteiger partial charge in [0.05, 0.1) is 33.1 Å². The maximum Gasteiger partial charge on any atom is 0.250 e. The number of ether oxygens (including phenoxy) is 3. The fourth-order valence-corrected chi connectivity index (χ4v) is 7.47. The van der Waals surface area contributed by atoms with E-state index in [4.69, 9.17) is 14.2 Å². The number of rotatable bonds is 7. The standard InChI is InChI=1S/C35H40N4O7/c1-19(35(43)38-16-21-13-23(18-38)28-7-6-8-31(42)39(28)17-21)36-27-12-10-24-25(15-29(27)41)26(37-20(2)40)11-9-22-14-30(44-3)33(45-4)34(46-5)32(22)24/h6-8,10,12,14-15,19,21,23,26H,9,11,13,16-18H2,1-5H3,(H,36,41)(H,37,40)/t19-,21-,23+,26+/m0/s1. The van der Waals surface area contributed by atoms with E-state index >= 15 is 0 Å². The summed E-state index contributed by atoms with van der Waals surface area (Å²) in [5.41, 5.74) is 3.99. The second-order valence-electron chi connectivity index (χ2n) is 12.4. The summed E-state index contributed by atoms with van der Waals surface area (Å²) in [5, 5.41) is 6.20. The summed E-state index contributed by atoms with van der Waals surface area (Å²) in [6, 6.07) is 11.2. The van der Waals surface area contributed by atoms with Gasteiger partial charge >= 0.3 is 0 Å². The number of likely N-dealkylation sites (tertiary alicyclic amines) is 1. The molecule has 1 aliphatic carbocycles. The Morgan fingerprint density at radius 3 is 2.46 bits per heavy atom. The number of fused-ring (bicyclic) bond motifs is 7. The quantitative estimate of drug-likeness (QED) is 0.407. The summed E-state index contributed by atoms with van der Waals surface area (Å²) in [6.45, 7) is 4.89. The first-order valence-electron chi connectivity index (χ1n) is 15.7. The number of pyridine rings is 1. The van der Waals surface area contributed by atoms with Crippen LogP contribution >= 0.6 is 0 Å². The van der Waals surface area contributed by atoms with Gasteiger partial charge in [-0.15, -0.1) is 0 Å². The zero-order chi connectivity index (χ0) is 32.7. The van der Waals surface area contributed by atoms with E-state index in [0.717, 1.165) is 23.2 Å². The summed E-state index contributed by atoms with van der Waals surface area (Å²) in [6.07, 6.45) is 2.08. The summed E-state index contributed by atoms with van der Waals surface area (Å²) in [4.78, 5) is 54.1. The van der Waals surface area contributed by atoms with Crippen LogP contribution in [0.1, 0.15) is 55.5 Å². The van der Waals surface area contributed by atoms with Crippen LogP contribution in [0.4, 0.5) is 5.69 Å². The number of hydrogen-bond acceptors (Lipinski definition) is 8. The largest absolute Gasteiger partial charge is 0.493 e. The van der Waals surface area contributed by atoms with Crippen molar-refractivity contribution in [1.82, 2.24) is 14.8 Å². The molecule has 1 aromatic heterocycles. The molecule has 3 aromatic rings. The molecule has 2 bridgehead atoms. The lowest BCUT2D eigenvalue weighted by Crippen LogP contribution is -2.52. The highest BCUT2D eigenvalue weighted by Crippen LogP contribution is 2.50. The van der Waals surface area contributed by atoms with Crippen molar-refractivity contribution in [2.24, 2.45) is 5.92 Å². The van der Waals surface area contributed by atoms with Crippen LogP contribution in [0.5, 0.6) is 17.2 Å². The van der Waals surface area contributed by atoms with Gasteiger partial charge in [-0.25, -0.2) is 0 Å². The third-order valence-electron chi connectivity index (χ3n) is 9.45. The molecule has 3 heterocycles. The number of anilines is 1. The van der Waals surface area contributed by atoms with E-state index < -0.39 is 12.1 Å². The Morgan fingerprint density at radius 1 is 0.957 bits per heavy atom. The van der Waals surface area contributed by atoms with Gasteiger partial charge in [0, 0.05) is 49.8 Å². The molecule has 242 valence electrons. The van der Waals surface area contributed by atoms with Gasteiger partial charge in [0.15, 0.2) is 11.5 Å². The van der Waals surface area contributed by atoms with Crippen LogP contribution in [-0.4, -0.2) is 61.7 Å². The van der Waals surface area contributed by atoms with Gasteiger partial charge in [0.2, 0.25) is 23.0 Å². The molecule has 0 saturated carbocycles. The van der Waals surface area contributed by atoms with Crippen molar-refractivity contribution in [2.75, 3.05) is 39.7 Å². The number of amides is 2. The predicted molar refractivity (Wildman–Crippen MR) is 174 cm³/mol. The minimum atomic E-state index is -0.677. The van der Waals surface area contributed by atoms with E-state index in [2.05, 4.69) is 10.6 Å². The third kappa shape index (κ3) is 5.59. The number of methoxy groups -OCH3 is 3. The van der Waals surface area contributed by atoms with Gasteiger partial charge < -0.3 is 34.3 Å². The topological polar surface area (TPSA) is 128 Å². The van der Waals surface area contributed by atoms with Crippen LogP contribution in [0.3, 0.4) is 0 Å². The molecule has 2 aromatic carbocycles. The number of nitrogens with one attached hydrogen (secondary N) is 2. The Kier molecular flexibility index (Phi) is 8.50. The van der Waals surface area contributed by atoms with Crippen LogP contribution in [-0.2, 0) is 22.6 Å². The van der Waals surface area contributed by atoms with Crippen molar-refractivity contribution in [3.63, 3.8) is 0 Å². The number of hydrogen-bond donors (Lipinski definition) is 2. The van der Waals surface area contributed by atoms with Crippen LogP contribution < -0.4 is 35.8 Å². The van der Waals surface area contributed by atoms with Crippen molar-refractivity contribution in [1.29, 1.82) is 0 Å². The molecule has 2 N–H and O–H groups in total. The number of aryl methyl sites for hydroxylation is 1. The molecular formula is C35H40N4O7. The highest BCUT2D eigenvalue weighted by atomic mass is 16.5. The van der Waals surface area contributed by atoms with E-state index in [1.165, 1.54) is 6.92 Å². The van der Waals surface area contributed by atoms with Gasteiger partial charge in [-0.2, -0.15) is 0 Å². The monoisotopic (exact) mass is 628 g/mol. The van der Waals surface area contributed by atoms with Gasteiger partial charge in [0.1, 0.15) is 6.04 Å². The Hall–Kier alpha value is -4.80. The molecule has 6 rings (SSSR count). The van der Waals surface area contributed by atoms with E-state index in [1.54, 1.807) is 52.5 Å². The van der Waals surface area contributed by atoms with E-state index in [-0.39, 0.29) is 40.3 Å². The number of aromatic nitrogens is 1. The first-order valence-corrected chi connectivity index (χ1v) is 15.7. The van der Waals surface area contributed by atoms with Crippen LogP contribution in [0.2, 0.25) is 0 Å². The van der Waals surface area contributed by atoms with Crippen LogP contribution in [0.25, 0.3) is 11.1 Å². The summed E-state index contributed by atoms with van der Waals surface area (Å²) >= 11 is 0. The lowest BCUT2D eigenvalue weighted by atomic mass is 9.83. The first kappa shape index (κ1) is 31.2. The Balaban J connectivity index is 1.35. The smallest absolute Gasteiger partial charge is 0.250 e. The normalized spacial score (nSPS) is 20.2. The van der Waals surface area contributed by atoms with Crippen molar-refractivity contribution in [2.45, 2.75) is 57.7 Å². The molecule has 46 heavy (non-hydrogen) atoms. The van der Waals surface area contributed by atoms with Gasteiger partial charge in [-0.1, -0.05) is 12.1 Å². The highest BCUT2D eigenvalue weighted by Gasteiger charge is 2.37. The second-order valence-corrected chi connectivity index (χ2v) is 12.4. The van der Waals surface area contributed by atoms with Crippen molar-refractivity contribution < 1.29 is 23.8 Å². The molecule has 2 amide bonds. The summed E-state index contributed by atoms with van der Waals surface area (Å²) in [5.74, 6) is 1.40. The first-order chi connectivity index (χ1) is 22.1. The fraction of sp³-hybridized carbons (Fsp3) is 0.429. The van der Waals surface area contributed by atoms with E-state index in [0.29, 0.717) is 60.9 Å². The molecule has 4 atom stereocenters. The maximum absolute atomic E-state index is 13.8. The lowest BCUT2D eigenvalue weighted by molar-refractivity contribution is -0.134. The van der Waals surface area contributed by atoms with Crippen LogP contribution in [0.15, 0.2) is 52.1 Å². The van der Waals surface area contributed by atoms with E-state index in [1.807, 2.05) is 27.7 Å². The maximum atomic E-state index is 13.8. The number of nitrogens with zero attached hydrogens (tertiary/aromatic N) is 2. The number of carbonyl (C=O) groups excluding carboxylic acids is 2. The van der Waals surface area contributed by atoms with Crippen molar-refractivity contribution in [3.05, 3.63) is 79.9 Å². The molecule has 0 radical (unpaired) electrons. The lowest BCUT2D eigenvalue weighted by Gasteiger charge is -2.43. The SMILES string of the molecule is COc1cc2c(c(OC)c1OC)-c1ccc(N[C@@H](C)C(=O)N3C[C@@H]4C[C@H](C3)c3cccc(=O)n3C4)c(=O)cc1[C@H](NC(C)=O)CC2. The number of piperidine rings is 1. The third-order valence-corrected chi connectivity index (χ3v) is 9.45. The van der Waals surface area contributed by atoms with Gasteiger partial charge in [-0.05, 0) is 73.1 Å². The summed E-state index contributed by atoms with van der Waals surface area (Å²) in [7, 11) is 4.66. The molecule has 11 heteroatoms.